The predicted molar refractivity (Wildman–Crippen MR) is 78.4 cm³/mol. The van der Waals surface area contributed by atoms with E-state index in [0.717, 1.165) is 23.8 Å². The second-order valence-electron chi connectivity index (χ2n) is 4.17. The molecule has 1 N–H and O–H groups in total. The summed E-state index contributed by atoms with van der Waals surface area (Å²) < 4.78 is 16.3. The van der Waals surface area contributed by atoms with Crippen molar-refractivity contribution in [2.75, 3.05) is 5.32 Å². The molecule has 0 unspecified atom stereocenters. The van der Waals surface area contributed by atoms with Crippen LogP contribution in [0.3, 0.4) is 0 Å². The Morgan fingerprint density at radius 1 is 1.45 bits per heavy atom. The number of rotatable bonds is 3. The first-order chi connectivity index (χ1) is 9.69. The normalized spacial score (nSPS) is 10.9. The molecule has 0 aliphatic carbocycles. The Kier molecular flexibility index (Phi) is 3.35. The SMILES string of the molecule is CCn1cnc2cc(Br)nc(Nc3ccncc3F)c21. The minimum atomic E-state index is -0.426. The van der Waals surface area contributed by atoms with Crippen molar-refractivity contribution in [1.82, 2.24) is 19.5 Å². The summed E-state index contributed by atoms with van der Waals surface area (Å²) in [6.45, 7) is 2.77. The second kappa shape index (κ2) is 5.16. The average Bonchev–Trinajstić information content (AvgIpc) is 2.84. The summed E-state index contributed by atoms with van der Waals surface area (Å²) >= 11 is 3.34. The van der Waals surface area contributed by atoms with E-state index in [1.807, 2.05) is 17.6 Å². The molecule has 0 atom stereocenters. The van der Waals surface area contributed by atoms with E-state index in [2.05, 4.69) is 36.2 Å². The molecule has 0 radical (unpaired) electrons. The fourth-order valence-corrected chi connectivity index (χ4v) is 2.39. The lowest BCUT2D eigenvalue weighted by molar-refractivity contribution is 0.625. The number of nitrogens with one attached hydrogen (secondary N) is 1. The Labute approximate surface area is 123 Å². The standard InChI is InChI=1S/C13H11BrFN5/c1-2-20-7-17-10-5-11(14)19-13(12(10)20)18-9-3-4-16-6-8(9)15/h3-7H,2H2,1H3,(H,16,18,19). The molecule has 3 aromatic heterocycles. The third kappa shape index (κ3) is 2.24. The highest BCUT2D eigenvalue weighted by atomic mass is 79.9. The van der Waals surface area contributed by atoms with Gasteiger partial charge in [0.1, 0.15) is 10.1 Å². The zero-order valence-corrected chi connectivity index (χ0v) is 12.2. The number of hydrogen-bond donors (Lipinski definition) is 1. The van der Waals surface area contributed by atoms with Gasteiger partial charge in [-0.1, -0.05) is 0 Å². The molecule has 3 rings (SSSR count). The van der Waals surface area contributed by atoms with E-state index in [0.29, 0.717) is 16.1 Å². The first-order valence-electron chi connectivity index (χ1n) is 6.07. The fourth-order valence-electron chi connectivity index (χ4n) is 2.00. The topological polar surface area (TPSA) is 55.6 Å². The highest BCUT2D eigenvalue weighted by molar-refractivity contribution is 9.10. The van der Waals surface area contributed by atoms with E-state index < -0.39 is 5.82 Å². The number of aryl methyl sites for hydroxylation is 1. The zero-order valence-electron chi connectivity index (χ0n) is 10.6. The van der Waals surface area contributed by atoms with E-state index in [9.17, 15) is 4.39 Å². The monoisotopic (exact) mass is 335 g/mol. The van der Waals surface area contributed by atoms with E-state index in [1.165, 1.54) is 6.20 Å². The third-order valence-corrected chi connectivity index (χ3v) is 3.34. The van der Waals surface area contributed by atoms with Crippen LogP contribution in [0.4, 0.5) is 15.9 Å². The zero-order chi connectivity index (χ0) is 14.1. The third-order valence-electron chi connectivity index (χ3n) is 2.93. The largest absolute Gasteiger partial charge is 0.336 e. The van der Waals surface area contributed by atoms with Gasteiger partial charge in [-0.25, -0.2) is 14.4 Å². The highest BCUT2D eigenvalue weighted by Crippen LogP contribution is 2.27. The molecular weight excluding hydrogens is 325 g/mol. The second-order valence-corrected chi connectivity index (χ2v) is 4.98. The van der Waals surface area contributed by atoms with Gasteiger partial charge >= 0.3 is 0 Å². The van der Waals surface area contributed by atoms with Crippen molar-refractivity contribution >= 4 is 38.5 Å². The van der Waals surface area contributed by atoms with Crippen molar-refractivity contribution in [1.29, 1.82) is 0 Å². The van der Waals surface area contributed by atoms with E-state index >= 15 is 0 Å². The van der Waals surface area contributed by atoms with Crippen molar-refractivity contribution in [2.24, 2.45) is 0 Å². The van der Waals surface area contributed by atoms with Crippen LogP contribution < -0.4 is 5.32 Å². The van der Waals surface area contributed by atoms with Crippen LogP contribution in [0.1, 0.15) is 6.92 Å². The number of anilines is 2. The molecule has 0 spiro atoms. The number of hydrogen-bond acceptors (Lipinski definition) is 4. The van der Waals surface area contributed by atoms with Crippen molar-refractivity contribution in [3.63, 3.8) is 0 Å². The van der Waals surface area contributed by atoms with Gasteiger partial charge in [0.2, 0.25) is 0 Å². The summed E-state index contributed by atoms with van der Waals surface area (Å²) in [6.07, 6.45) is 4.43. The molecule has 0 aromatic carbocycles. The minimum absolute atomic E-state index is 0.329. The minimum Gasteiger partial charge on any atom is -0.336 e. The Morgan fingerprint density at radius 2 is 2.30 bits per heavy atom. The molecule has 102 valence electrons. The lowest BCUT2D eigenvalue weighted by Crippen LogP contribution is -2.01. The van der Waals surface area contributed by atoms with Crippen molar-refractivity contribution in [3.05, 3.63) is 41.3 Å². The maximum atomic E-state index is 13.7. The molecule has 0 saturated carbocycles. The molecule has 0 aliphatic rings. The van der Waals surface area contributed by atoms with Gasteiger partial charge in [0, 0.05) is 12.7 Å². The Balaban J connectivity index is 2.15. The molecular formula is C13H11BrFN5. The number of imidazole rings is 1. The maximum absolute atomic E-state index is 13.7. The van der Waals surface area contributed by atoms with Crippen LogP contribution in [0.25, 0.3) is 11.0 Å². The Hall–Kier alpha value is -2.02. The summed E-state index contributed by atoms with van der Waals surface area (Å²) in [5.41, 5.74) is 1.97. The van der Waals surface area contributed by atoms with Gasteiger partial charge in [-0.15, -0.1) is 0 Å². The smallest absolute Gasteiger partial charge is 0.164 e. The van der Waals surface area contributed by atoms with Gasteiger partial charge in [-0.3, -0.25) is 4.98 Å². The van der Waals surface area contributed by atoms with Crippen LogP contribution in [0, 0.1) is 5.82 Å². The number of pyridine rings is 2. The number of fused-ring (bicyclic) bond motifs is 1. The van der Waals surface area contributed by atoms with E-state index in [-0.39, 0.29) is 0 Å². The van der Waals surface area contributed by atoms with Crippen LogP contribution in [0.2, 0.25) is 0 Å². The Bertz CT molecular complexity index is 771. The first-order valence-corrected chi connectivity index (χ1v) is 6.86. The Morgan fingerprint density at radius 3 is 3.05 bits per heavy atom. The molecule has 0 fully saturated rings. The molecule has 20 heavy (non-hydrogen) atoms. The average molecular weight is 336 g/mol. The number of nitrogens with zero attached hydrogens (tertiary/aromatic N) is 4. The van der Waals surface area contributed by atoms with Crippen LogP contribution in [-0.2, 0) is 6.54 Å². The summed E-state index contributed by atoms with van der Waals surface area (Å²) in [4.78, 5) is 12.4. The first kappa shape index (κ1) is 13.0. The van der Waals surface area contributed by atoms with Gasteiger partial charge < -0.3 is 9.88 Å². The molecule has 0 aliphatic heterocycles. The van der Waals surface area contributed by atoms with Crippen molar-refractivity contribution < 1.29 is 4.39 Å². The quantitative estimate of drug-likeness (QED) is 0.744. The van der Waals surface area contributed by atoms with Gasteiger partial charge in [-0.2, -0.15) is 0 Å². The lowest BCUT2D eigenvalue weighted by Gasteiger charge is -2.10. The van der Waals surface area contributed by atoms with Crippen LogP contribution in [0.5, 0.6) is 0 Å². The summed E-state index contributed by atoms with van der Waals surface area (Å²) in [5.74, 6) is 0.129. The van der Waals surface area contributed by atoms with Gasteiger partial charge in [0.05, 0.1) is 23.7 Å². The van der Waals surface area contributed by atoms with Crippen molar-refractivity contribution in [3.8, 4) is 0 Å². The van der Waals surface area contributed by atoms with Crippen LogP contribution in [-0.4, -0.2) is 19.5 Å². The summed E-state index contributed by atoms with van der Waals surface area (Å²) in [5, 5.41) is 3.00. The lowest BCUT2D eigenvalue weighted by atomic mass is 10.3. The highest BCUT2D eigenvalue weighted by Gasteiger charge is 2.12. The fraction of sp³-hybridized carbons (Fsp3) is 0.154. The predicted octanol–water partition coefficient (Wildman–Crippen LogP) is 3.49. The molecule has 0 bridgehead atoms. The summed E-state index contributed by atoms with van der Waals surface area (Å²) in [6, 6.07) is 3.39. The molecule has 3 heterocycles. The van der Waals surface area contributed by atoms with Crippen molar-refractivity contribution in [2.45, 2.75) is 13.5 Å². The van der Waals surface area contributed by atoms with Crippen LogP contribution >= 0.6 is 15.9 Å². The van der Waals surface area contributed by atoms with Gasteiger partial charge in [0.25, 0.3) is 0 Å². The molecule has 5 nitrogen and oxygen atoms in total. The van der Waals surface area contributed by atoms with Crippen LogP contribution in [0.15, 0.2) is 35.5 Å². The van der Waals surface area contributed by atoms with E-state index in [4.69, 9.17) is 0 Å². The molecule has 3 aromatic rings. The molecule has 7 heteroatoms. The number of aromatic nitrogens is 4. The molecule has 0 amide bonds. The molecule has 0 saturated heterocycles. The van der Waals surface area contributed by atoms with Gasteiger partial charge in [0.15, 0.2) is 11.6 Å². The maximum Gasteiger partial charge on any atom is 0.164 e. The van der Waals surface area contributed by atoms with E-state index in [1.54, 1.807) is 12.4 Å². The summed E-state index contributed by atoms with van der Waals surface area (Å²) in [7, 11) is 0. The van der Waals surface area contributed by atoms with Gasteiger partial charge in [-0.05, 0) is 35.0 Å². The number of halogens is 2.